The molecule has 0 aromatic carbocycles. The predicted octanol–water partition coefficient (Wildman–Crippen LogP) is -14.1. The summed E-state index contributed by atoms with van der Waals surface area (Å²) in [4.78, 5) is 0. The Bertz CT molecular complexity index is 1500. The van der Waals surface area contributed by atoms with Gasteiger partial charge < -0.3 is 154 Å². The van der Waals surface area contributed by atoms with Crippen molar-refractivity contribution in [2.75, 3.05) is 39.6 Å². The normalized spacial score (nSPS) is 53.4. The number of aliphatic hydroxyl groups is 20. The SMILES string of the molecule is OC[C@H]1O[C@H](O[C@H]2[C@H](O)[C@@H](O)[C@@H](O[C@H]3[C@H](O)[C@@H](O)[C@@H](O[C@H]4[C@H](O)[C@@H](O)[C@@H](O[C@H]5[C@H](O)[C@@H](O)[C@@H](OC[C@H]6O[C@H](O)[C@H](O)[C@@H](O)[C@@H]6O)O[C@@H]5CO)O[C@@H]4CO)O[C@@H]3CO)O[C@@H]2CO)[C@H](O)[C@@H](O)[C@@H]1O. The minimum atomic E-state index is -2.17. The number of hydrogen-bond donors (Lipinski definition) is 20. The second kappa shape index (κ2) is 23.5. The molecule has 31 nitrogen and oxygen atoms in total. The van der Waals surface area contributed by atoms with Crippen molar-refractivity contribution < 1.29 is 154 Å². The molecule has 6 aliphatic heterocycles. The van der Waals surface area contributed by atoms with Crippen LogP contribution in [-0.2, 0) is 52.1 Å². The third-order valence-electron chi connectivity index (χ3n) is 12.4. The molecule has 0 bridgehead atoms. The van der Waals surface area contributed by atoms with Crippen molar-refractivity contribution in [2.45, 2.75) is 184 Å². The van der Waals surface area contributed by atoms with E-state index in [0.29, 0.717) is 0 Å². The van der Waals surface area contributed by atoms with Gasteiger partial charge in [0.25, 0.3) is 0 Å². The van der Waals surface area contributed by atoms with E-state index < -0.39 is 224 Å². The van der Waals surface area contributed by atoms with Crippen LogP contribution >= 0.6 is 0 Å². The summed E-state index contributed by atoms with van der Waals surface area (Å²) < 4.78 is 60.3. The third kappa shape index (κ3) is 11.4. The van der Waals surface area contributed by atoms with Crippen molar-refractivity contribution in [3.63, 3.8) is 0 Å². The topological polar surface area (TPSA) is 506 Å². The quantitative estimate of drug-likeness (QED) is 0.0683. The Hall–Kier alpha value is -1.24. The molecule has 0 amide bonds. The minimum absolute atomic E-state index is 0.692. The molecule has 30 atom stereocenters. The van der Waals surface area contributed by atoms with Gasteiger partial charge in [0, 0.05) is 0 Å². The largest absolute Gasteiger partial charge is 0.394 e. The lowest BCUT2D eigenvalue weighted by atomic mass is 9.95. The molecule has 20 N–H and O–H groups in total. The Balaban J connectivity index is 1.05. The van der Waals surface area contributed by atoms with E-state index in [1.807, 2.05) is 0 Å². The lowest BCUT2D eigenvalue weighted by Crippen LogP contribution is -2.68. The van der Waals surface area contributed by atoms with E-state index in [2.05, 4.69) is 0 Å². The molecule has 0 aromatic heterocycles. The van der Waals surface area contributed by atoms with Gasteiger partial charge in [-0.15, -0.1) is 0 Å². The van der Waals surface area contributed by atoms with Crippen molar-refractivity contribution in [1.29, 1.82) is 0 Å². The van der Waals surface area contributed by atoms with Crippen molar-refractivity contribution in [1.82, 2.24) is 0 Å². The lowest BCUT2D eigenvalue weighted by Gasteiger charge is -2.49. The Morgan fingerprint density at radius 2 is 0.522 bits per heavy atom. The first kappa shape index (κ1) is 55.1. The zero-order valence-corrected chi connectivity index (χ0v) is 35.0. The van der Waals surface area contributed by atoms with Crippen LogP contribution in [-0.4, -0.2) is 326 Å². The fraction of sp³-hybridized carbons (Fsp3) is 1.00. The van der Waals surface area contributed by atoms with Gasteiger partial charge in [0.1, 0.15) is 146 Å². The van der Waals surface area contributed by atoms with E-state index in [0.717, 1.165) is 0 Å². The summed E-state index contributed by atoms with van der Waals surface area (Å²) in [5.74, 6) is 0. The fourth-order valence-corrected chi connectivity index (χ4v) is 8.42. The molecule has 31 heteroatoms. The van der Waals surface area contributed by atoms with E-state index >= 15 is 0 Å². The van der Waals surface area contributed by atoms with Crippen LogP contribution in [0.15, 0.2) is 0 Å². The monoisotopic (exact) mass is 990 g/mol. The molecule has 6 fully saturated rings. The van der Waals surface area contributed by atoms with Gasteiger partial charge in [0.05, 0.1) is 39.6 Å². The molecule has 0 unspecified atom stereocenters. The number of rotatable bonds is 16. The Kier molecular flexibility index (Phi) is 19.4. The molecule has 6 rings (SSSR count). The molecule has 0 radical (unpaired) electrons. The van der Waals surface area contributed by atoms with Gasteiger partial charge in [-0.1, -0.05) is 0 Å². The first-order valence-corrected chi connectivity index (χ1v) is 21.1. The highest BCUT2D eigenvalue weighted by Gasteiger charge is 2.57. The maximum Gasteiger partial charge on any atom is 0.187 e. The molecule has 6 aliphatic rings. The number of aliphatic hydroxyl groups excluding tert-OH is 20. The van der Waals surface area contributed by atoms with E-state index in [1.165, 1.54) is 0 Å². The molecule has 0 aromatic rings. The fourth-order valence-electron chi connectivity index (χ4n) is 8.42. The highest BCUT2D eigenvalue weighted by molar-refractivity contribution is 4.99. The van der Waals surface area contributed by atoms with E-state index in [9.17, 15) is 102 Å². The van der Waals surface area contributed by atoms with Crippen LogP contribution in [0.2, 0.25) is 0 Å². The van der Waals surface area contributed by atoms with E-state index in [4.69, 9.17) is 52.1 Å². The van der Waals surface area contributed by atoms with Gasteiger partial charge >= 0.3 is 0 Å². The maximum atomic E-state index is 11.2. The van der Waals surface area contributed by atoms with Gasteiger partial charge in [0.2, 0.25) is 0 Å². The number of ether oxygens (including phenoxy) is 11. The second-order valence-electron chi connectivity index (χ2n) is 16.8. The number of hydrogen-bond acceptors (Lipinski definition) is 31. The Morgan fingerprint density at radius 1 is 0.254 bits per heavy atom. The average Bonchev–Trinajstić information content (AvgIpc) is 3.32. The summed E-state index contributed by atoms with van der Waals surface area (Å²) in [7, 11) is 0. The van der Waals surface area contributed by atoms with E-state index in [1.54, 1.807) is 0 Å². The molecule has 67 heavy (non-hydrogen) atoms. The molecule has 0 aliphatic carbocycles. The maximum absolute atomic E-state index is 11.2. The predicted molar refractivity (Wildman–Crippen MR) is 199 cm³/mol. The average molecular weight is 991 g/mol. The van der Waals surface area contributed by atoms with Crippen LogP contribution in [0, 0.1) is 0 Å². The summed E-state index contributed by atoms with van der Waals surface area (Å²) in [6.07, 6.45) is -55.9. The molecular formula is C36H62O31. The van der Waals surface area contributed by atoms with Crippen LogP contribution in [0.3, 0.4) is 0 Å². The van der Waals surface area contributed by atoms with Crippen molar-refractivity contribution in [3.05, 3.63) is 0 Å². The molecule has 6 saturated heterocycles. The smallest absolute Gasteiger partial charge is 0.187 e. The molecule has 0 saturated carbocycles. The van der Waals surface area contributed by atoms with Crippen molar-refractivity contribution >= 4 is 0 Å². The third-order valence-corrected chi connectivity index (χ3v) is 12.4. The van der Waals surface area contributed by atoms with Crippen LogP contribution in [0.1, 0.15) is 0 Å². The summed E-state index contributed by atoms with van der Waals surface area (Å²) in [5.41, 5.74) is 0. The zero-order valence-electron chi connectivity index (χ0n) is 35.0. The standard InChI is InChI=1S/C36H62O31/c37-1-7-13(42)16(45)22(51)33(59-7)64-28-9(3-39)61-35(24(53)18(28)47)66-30-11(5-41)63-36(26(55)20(30)49)67-29-10(4-40)62-34(25(54)19(29)48)65-27-8(2-38)60-32(23(52)17(27)46)57-6-12-14(43)15(44)21(50)31(56)58-12/h7-56H,1-6H2/t7-,8-,9-,10-,11-,12-,13-,14-,15+,16+,17-,18-,19-,20-,21-,22-,23-,24-,25-,26-,27-,28-,29-,30-,31+,32+,33-,34-,35-,36-/m1/s1. The first-order chi connectivity index (χ1) is 31.7. The Labute approximate surface area is 378 Å². The van der Waals surface area contributed by atoms with Gasteiger partial charge in [-0.25, -0.2) is 0 Å². The summed E-state index contributed by atoms with van der Waals surface area (Å²) >= 11 is 0. The molecule has 0 spiro atoms. The summed E-state index contributed by atoms with van der Waals surface area (Å²) in [6, 6.07) is 0. The first-order valence-electron chi connectivity index (χ1n) is 21.1. The van der Waals surface area contributed by atoms with Crippen LogP contribution in [0.5, 0.6) is 0 Å². The summed E-state index contributed by atoms with van der Waals surface area (Å²) in [6.45, 7) is -5.44. The molecule has 392 valence electrons. The van der Waals surface area contributed by atoms with Crippen molar-refractivity contribution in [3.8, 4) is 0 Å². The van der Waals surface area contributed by atoms with Crippen LogP contribution in [0.4, 0.5) is 0 Å². The van der Waals surface area contributed by atoms with Crippen LogP contribution in [0.25, 0.3) is 0 Å². The van der Waals surface area contributed by atoms with Crippen LogP contribution < -0.4 is 0 Å². The molecular weight excluding hydrogens is 928 g/mol. The lowest BCUT2D eigenvalue weighted by molar-refractivity contribution is -0.393. The second-order valence-corrected chi connectivity index (χ2v) is 16.8. The van der Waals surface area contributed by atoms with Crippen molar-refractivity contribution in [2.24, 2.45) is 0 Å². The summed E-state index contributed by atoms with van der Waals surface area (Å²) in [5, 5.41) is 209. The van der Waals surface area contributed by atoms with E-state index in [-0.39, 0.29) is 0 Å². The zero-order chi connectivity index (χ0) is 49.3. The van der Waals surface area contributed by atoms with Gasteiger partial charge in [-0.3, -0.25) is 0 Å². The van der Waals surface area contributed by atoms with Gasteiger partial charge in [-0.2, -0.15) is 0 Å². The van der Waals surface area contributed by atoms with Gasteiger partial charge in [-0.05, 0) is 0 Å². The van der Waals surface area contributed by atoms with Gasteiger partial charge in [0.15, 0.2) is 37.7 Å². The highest BCUT2D eigenvalue weighted by atomic mass is 16.8. The molecule has 6 heterocycles. The minimum Gasteiger partial charge on any atom is -0.394 e. The highest BCUT2D eigenvalue weighted by Crippen LogP contribution is 2.36. The Morgan fingerprint density at radius 3 is 0.866 bits per heavy atom.